The maximum Gasteiger partial charge on any atom is 0.0607 e. The van der Waals surface area contributed by atoms with Gasteiger partial charge in [0.05, 0.1) is 15.1 Å². The van der Waals surface area contributed by atoms with Crippen molar-refractivity contribution in [3.63, 3.8) is 0 Å². The van der Waals surface area contributed by atoms with Gasteiger partial charge in [0.25, 0.3) is 0 Å². The monoisotopic (exact) mass is 347 g/mol. The summed E-state index contributed by atoms with van der Waals surface area (Å²) in [5.41, 5.74) is 0.931. The largest absolute Gasteiger partial charge is 0.309 e. The summed E-state index contributed by atoms with van der Waals surface area (Å²) >= 11 is 20.0. The van der Waals surface area contributed by atoms with Gasteiger partial charge in [-0.05, 0) is 44.2 Å². The second kappa shape index (κ2) is 7.15. The summed E-state index contributed by atoms with van der Waals surface area (Å²) in [4.78, 5) is 2.39. The first kappa shape index (κ1) is 16.1. The lowest BCUT2D eigenvalue weighted by atomic mass is 10.2. The Labute approximate surface area is 138 Å². The topological polar surface area (TPSA) is 12.0 Å². The average molecular weight is 349 g/mol. The van der Waals surface area contributed by atoms with Gasteiger partial charge >= 0.3 is 0 Å². The Morgan fingerprint density at radius 3 is 2.50 bits per heavy atom. The maximum atomic E-state index is 6.26. The molecule has 0 saturated heterocycles. The fourth-order valence-electron chi connectivity index (χ4n) is 1.90. The first-order valence-electron chi connectivity index (χ1n) is 6.51. The van der Waals surface area contributed by atoms with Crippen LogP contribution in [0, 0.1) is 0 Å². The zero-order valence-electron chi connectivity index (χ0n) is 11.3. The van der Waals surface area contributed by atoms with Crippen LogP contribution in [-0.2, 0) is 0 Å². The van der Waals surface area contributed by atoms with Crippen molar-refractivity contribution in [2.75, 3.05) is 6.54 Å². The van der Waals surface area contributed by atoms with E-state index in [1.165, 1.54) is 4.88 Å². The molecule has 1 N–H and O–H groups in total. The standard InChI is InChI=1S/C15H16Cl3NS/c1-3-6-19-9(2)14-4-5-15(20-14)10-7-12(17)13(18)8-11(10)16/h4-5,7-9,19H,3,6H2,1-2H3. The molecule has 108 valence electrons. The van der Waals surface area contributed by atoms with Crippen LogP contribution in [0.25, 0.3) is 10.4 Å². The number of halogens is 3. The van der Waals surface area contributed by atoms with Crippen LogP contribution in [-0.4, -0.2) is 6.54 Å². The smallest absolute Gasteiger partial charge is 0.0607 e. The second-order valence-corrected chi connectivity index (χ2v) is 6.96. The van der Waals surface area contributed by atoms with Crippen molar-refractivity contribution in [2.45, 2.75) is 26.3 Å². The van der Waals surface area contributed by atoms with Crippen LogP contribution < -0.4 is 5.32 Å². The summed E-state index contributed by atoms with van der Waals surface area (Å²) in [5.74, 6) is 0. The molecule has 0 saturated carbocycles. The number of hydrogen-bond acceptors (Lipinski definition) is 2. The Kier molecular flexibility index (Phi) is 5.76. The average Bonchev–Trinajstić information content (AvgIpc) is 2.89. The van der Waals surface area contributed by atoms with Gasteiger partial charge < -0.3 is 5.32 Å². The van der Waals surface area contributed by atoms with E-state index in [2.05, 4.69) is 31.3 Å². The summed E-state index contributed by atoms with van der Waals surface area (Å²) in [5, 5.41) is 5.11. The lowest BCUT2D eigenvalue weighted by molar-refractivity contribution is 0.578. The van der Waals surface area contributed by atoms with Crippen molar-refractivity contribution in [2.24, 2.45) is 0 Å². The zero-order valence-corrected chi connectivity index (χ0v) is 14.4. The minimum atomic E-state index is 0.343. The molecule has 1 unspecified atom stereocenters. The highest BCUT2D eigenvalue weighted by Gasteiger charge is 2.13. The highest BCUT2D eigenvalue weighted by atomic mass is 35.5. The van der Waals surface area contributed by atoms with Gasteiger partial charge in [0.1, 0.15) is 0 Å². The van der Waals surface area contributed by atoms with E-state index >= 15 is 0 Å². The molecule has 0 aliphatic carbocycles. The van der Waals surface area contributed by atoms with E-state index in [1.54, 1.807) is 17.4 Å². The summed E-state index contributed by atoms with van der Waals surface area (Å²) in [6.45, 7) is 5.35. The van der Waals surface area contributed by atoms with Crippen LogP contribution in [0.15, 0.2) is 24.3 Å². The molecule has 1 nitrogen and oxygen atoms in total. The van der Waals surface area contributed by atoms with Crippen molar-refractivity contribution in [3.05, 3.63) is 44.2 Å². The van der Waals surface area contributed by atoms with Gasteiger partial charge in [-0.3, -0.25) is 0 Å². The fourth-order valence-corrected chi connectivity index (χ4v) is 3.67. The first-order valence-corrected chi connectivity index (χ1v) is 8.46. The van der Waals surface area contributed by atoms with E-state index in [0.29, 0.717) is 21.1 Å². The van der Waals surface area contributed by atoms with Gasteiger partial charge in [0.2, 0.25) is 0 Å². The van der Waals surface area contributed by atoms with Gasteiger partial charge in [-0.1, -0.05) is 41.7 Å². The third-order valence-corrected chi connectivity index (χ3v) is 5.37. The van der Waals surface area contributed by atoms with E-state index in [4.69, 9.17) is 34.8 Å². The Hall–Kier alpha value is -0.250. The molecule has 1 atom stereocenters. The molecule has 0 aliphatic heterocycles. The Balaban J connectivity index is 2.27. The Bertz CT molecular complexity index is 595. The number of nitrogens with one attached hydrogen (secondary N) is 1. The van der Waals surface area contributed by atoms with Crippen LogP contribution >= 0.6 is 46.1 Å². The second-order valence-electron chi connectivity index (χ2n) is 4.62. The SMILES string of the molecule is CCCNC(C)c1ccc(-c2cc(Cl)c(Cl)cc2Cl)s1. The first-order chi connectivity index (χ1) is 9.52. The predicted octanol–water partition coefficient (Wildman–Crippen LogP) is 6.44. The number of benzene rings is 1. The summed E-state index contributed by atoms with van der Waals surface area (Å²) in [6.07, 6.45) is 1.13. The third kappa shape index (κ3) is 3.69. The molecular formula is C15H16Cl3NS. The van der Waals surface area contributed by atoms with Crippen molar-refractivity contribution in [1.82, 2.24) is 5.32 Å². The van der Waals surface area contributed by atoms with Crippen molar-refractivity contribution in [3.8, 4) is 10.4 Å². The number of rotatable bonds is 5. The van der Waals surface area contributed by atoms with Gasteiger partial charge in [-0.2, -0.15) is 0 Å². The van der Waals surface area contributed by atoms with Crippen molar-refractivity contribution >= 4 is 46.1 Å². The molecule has 2 rings (SSSR count). The maximum absolute atomic E-state index is 6.26. The van der Waals surface area contributed by atoms with Crippen LogP contribution in [0.1, 0.15) is 31.2 Å². The van der Waals surface area contributed by atoms with E-state index in [-0.39, 0.29) is 0 Å². The van der Waals surface area contributed by atoms with Gasteiger partial charge in [0.15, 0.2) is 0 Å². The van der Waals surface area contributed by atoms with Crippen LogP contribution in [0.4, 0.5) is 0 Å². The molecule has 0 spiro atoms. The lowest BCUT2D eigenvalue weighted by Crippen LogP contribution is -2.18. The minimum absolute atomic E-state index is 0.343. The van der Waals surface area contributed by atoms with E-state index in [9.17, 15) is 0 Å². The summed E-state index contributed by atoms with van der Waals surface area (Å²) in [6, 6.07) is 8.07. The lowest BCUT2D eigenvalue weighted by Gasteiger charge is -2.10. The quantitative estimate of drug-likeness (QED) is 0.613. The molecule has 2 aromatic rings. The molecule has 0 aliphatic rings. The van der Waals surface area contributed by atoms with E-state index in [0.717, 1.165) is 23.4 Å². The molecule has 0 fully saturated rings. The van der Waals surface area contributed by atoms with Crippen LogP contribution in [0.5, 0.6) is 0 Å². The molecular weight excluding hydrogens is 333 g/mol. The number of thiophene rings is 1. The highest BCUT2D eigenvalue weighted by Crippen LogP contribution is 2.39. The van der Waals surface area contributed by atoms with Gasteiger partial charge in [0, 0.05) is 21.4 Å². The molecule has 1 aromatic carbocycles. The normalized spacial score (nSPS) is 12.7. The molecule has 0 bridgehead atoms. The molecule has 20 heavy (non-hydrogen) atoms. The minimum Gasteiger partial charge on any atom is -0.309 e. The zero-order chi connectivity index (χ0) is 14.7. The third-order valence-electron chi connectivity index (χ3n) is 3.03. The molecule has 0 radical (unpaired) electrons. The molecule has 0 amide bonds. The fraction of sp³-hybridized carbons (Fsp3) is 0.333. The highest BCUT2D eigenvalue weighted by molar-refractivity contribution is 7.15. The molecule has 1 heterocycles. The Morgan fingerprint density at radius 1 is 1.10 bits per heavy atom. The Morgan fingerprint density at radius 2 is 1.80 bits per heavy atom. The van der Waals surface area contributed by atoms with Gasteiger partial charge in [-0.25, -0.2) is 0 Å². The summed E-state index contributed by atoms with van der Waals surface area (Å²) < 4.78 is 0. The van der Waals surface area contributed by atoms with Crippen LogP contribution in [0.3, 0.4) is 0 Å². The van der Waals surface area contributed by atoms with Gasteiger partial charge in [-0.15, -0.1) is 11.3 Å². The van der Waals surface area contributed by atoms with Crippen molar-refractivity contribution in [1.29, 1.82) is 0 Å². The predicted molar refractivity (Wildman–Crippen MR) is 91.5 cm³/mol. The van der Waals surface area contributed by atoms with Crippen LogP contribution in [0.2, 0.25) is 15.1 Å². The number of hydrogen-bond donors (Lipinski definition) is 1. The molecule has 1 aromatic heterocycles. The van der Waals surface area contributed by atoms with E-state index in [1.807, 2.05) is 6.07 Å². The van der Waals surface area contributed by atoms with Crippen molar-refractivity contribution < 1.29 is 0 Å². The van der Waals surface area contributed by atoms with E-state index < -0.39 is 0 Å². The summed E-state index contributed by atoms with van der Waals surface area (Å²) in [7, 11) is 0. The molecule has 5 heteroatoms.